The van der Waals surface area contributed by atoms with Crippen LogP contribution in [-0.4, -0.2) is 24.1 Å². The molecule has 24 heavy (non-hydrogen) atoms. The molecular weight excluding hydrogens is 349 g/mol. The molecule has 2 N–H and O–H groups in total. The Morgan fingerprint density at radius 2 is 1.83 bits per heavy atom. The fraction of sp³-hybridized carbons (Fsp3) is 0.467. The molecule has 134 valence electrons. The highest BCUT2D eigenvalue weighted by molar-refractivity contribution is 6.31. The molecule has 0 saturated heterocycles. The van der Waals surface area contributed by atoms with E-state index >= 15 is 0 Å². The minimum Gasteiger partial charge on any atom is -0.444 e. The summed E-state index contributed by atoms with van der Waals surface area (Å²) in [6, 6.07) is 3.07. The molecule has 0 fully saturated rings. The smallest absolute Gasteiger partial charge is 0.417 e. The minimum atomic E-state index is -4.61. The highest BCUT2D eigenvalue weighted by Gasteiger charge is 2.33. The van der Waals surface area contributed by atoms with E-state index in [-0.39, 0.29) is 18.7 Å². The van der Waals surface area contributed by atoms with E-state index in [1.54, 1.807) is 20.8 Å². The molecule has 0 atom stereocenters. The largest absolute Gasteiger partial charge is 0.444 e. The standard InChI is InChI=1S/C15H18ClF3N2O3/c1-14(2,3)24-13(23)20-7-6-12(22)21-9-4-5-11(16)10(8-9)15(17,18)19/h4-5,8H,6-7H2,1-3H3,(H,20,23)(H,21,22). The maximum Gasteiger partial charge on any atom is 0.417 e. The van der Waals surface area contributed by atoms with Crippen LogP contribution in [0.3, 0.4) is 0 Å². The number of ether oxygens (including phenoxy) is 1. The molecule has 9 heteroatoms. The monoisotopic (exact) mass is 366 g/mol. The van der Waals surface area contributed by atoms with Gasteiger partial charge in [0.2, 0.25) is 5.91 Å². The molecule has 1 aromatic carbocycles. The summed E-state index contributed by atoms with van der Waals surface area (Å²) in [6.45, 7) is 5.06. The number of halogens is 4. The summed E-state index contributed by atoms with van der Waals surface area (Å²) in [4.78, 5) is 23.1. The SMILES string of the molecule is CC(C)(C)OC(=O)NCCC(=O)Nc1ccc(Cl)c(C(F)(F)F)c1. The fourth-order valence-electron chi connectivity index (χ4n) is 1.64. The second-order valence-electron chi connectivity index (χ2n) is 5.92. The van der Waals surface area contributed by atoms with Gasteiger partial charge in [-0.05, 0) is 39.0 Å². The van der Waals surface area contributed by atoms with Crippen LogP contribution in [-0.2, 0) is 15.7 Å². The molecule has 1 rings (SSSR count). The first-order valence-electron chi connectivity index (χ1n) is 7.02. The quantitative estimate of drug-likeness (QED) is 0.838. The maximum atomic E-state index is 12.7. The molecule has 0 bridgehead atoms. The van der Waals surface area contributed by atoms with Crippen molar-refractivity contribution in [1.82, 2.24) is 5.32 Å². The number of amides is 2. The third kappa shape index (κ3) is 7.08. The van der Waals surface area contributed by atoms with E-state index in [9.17, 15) is 22.8 Å². The number of hydrogen-bond acceptors (Lipinski definition) is 3. The lowest BCUT2D eigenvalue weighted by molar-refractivity contribution is -0.137. The van der Waals surface area contributed by atoms with Crippen molar-refractivity contribution in [2.75, 3.05) is 11.9 Å². The van der Waals surface area contributed by atoms with Crippen LogP contribution in [0.1, 0.15) is 32.8 Å². The van der Waals surface area contributed by atoms with Crippen molar-refractivity contribution >= 4 is 29.3 Å². The van der Waals surface area contributed by atoms with E-state index in [1.807, 2.05) is 0 Å². The van der Waals surface area contributed by atoms with Gasteiger partial charge >= 0.3 is 12.3 Å². The van der Waals surface area contributed by atoms with Crippen LogP contribution in [0, 0.1) is 0 Å². The number of rotatable bonds is 4. The first-order valence-corrected chi connectivity index (χ1v) is 7.40. The average Bonchev–Trinajstić information content (AvgIpc) is 2.37. The summed E-state index contributed by atoms with van der Waals surface area (Å²) in [5, 5.41) is 4.24. The number of alkyl carbamates (subject to hydrolysis) is 1. The normalized spacial score (nSPS) is 11.8. The Bertz CT molecular complexity index is 613. The highest BCUT2D eigenvalue weighted by Crippen LogP contribution is 2.36. The van der Waals surface area contributed by atoms with Gasteiger partial charge in [0.1, 0.15) is 5.60 Å². The maximum absolute atomic E-state index is 12.7. The van der Waals surface area contributed by atoms with Gasteiger partial charge in [-0.2, -0.15) is 13.2 Å². The summed E-state index contributed by atoms with van der Waals surface area (Å²) < 4.78 is 43.2. The molecule has 0 radical (unpaired) electrons. The van der Waals surface area contributed by atoms with Gasteiger partial charge in [0, 0.05) is 18.7 Å². The van der Waals surface area contributed by atoms with E-state index in [0.29, 0.717) is 0 Å². The molecule has 2 amide bonds. The van der Waals surface area contributed by atoms with Crippen molar-refractivity contribution in [2.45, 2.75) is 39.0 Å². The number of nitrogens with one attached hydrogen (secondary N) is 2. The Kier molecular flexibility index (Phi) is 6.48. The van der Waals surface area contributed by atoms with Crippen LogP contribution >= 0.6 is 11.6 Å². The number of alkyl halides is 3. The van der Waals surface area contributed by atoms with Gasteiger partial charge in [-0.3, -0.25) is 4.79 Å². The fourth-order valence-corrected chi connectivity index (χ4v) is 1.86. The third-order valence-corrected chi connectivity index (χ3v) is 2.91. The Hall–Kier alpha value is -1.96. The lowest BCUT2D eigenvalue weighted by Gasteiger charge is -2.19. The van der Waals surface area contributed by atoms with Crippen molar-refractivity contribution in [3.8, 4) is 0 Å². The van der Waals surface area contributed by atoms with Gasteiger partial charge in [0.15, 0.2) is 0 Å². The number of benzene rings is 1. The van der Waals surface area contributed by atoms with E-state index in [4.69, 9.17) is 16.3 Å². The number of hydrogen-bond donors (Lipinski definition) is 2. The minimum absolute atomic E-state index is 0.0134. The van der Waals surface area contributed by atoms with Crippen LogP contribution in [0.15, 0.2) is 18.2 Å². The van der Waals surface area contributed by atoms with Crippen molar-refractivity contribution < 1.29 is 27.5 Å². The predicted molar refractivity (Wildman–Crippen MR) is 83.9 cm³/mol. The lowest BCUT2D eigenvalue weighted by atomic mass is 10.2. The van der Waals surface area contributed by atoms with E-state index in [1.165, 1.54) is 6.07 Å². The zero-order chi connectivity index (χ0) is 18.5. The topological polar surface area (TPSA) is 67.4 Å². The molecular formula is C15H18ClF3N2O3. The Morgan fingerprint density at radius 1 is 1.21 bits per heavy atom. The van der Waals surface area contributed by atoms with Crippen LogP contribution < -0.4 is 10.6 Å². The van der Waals surface area contributed by atoms with Crippen LogP contribution in [0.2, 0.25) is 5.02 Å². The van der Waals surface area contributed by atoms with Gasteiger partial charge in [-0.1, -0.05) is 11.6 Å². The number of anilines is 1. The van der Waals surface area contributed by atoms with Gasteiger partial charge in [-0.15, -0.1) is 0 Å². The van der Waals surface area contributed by atoms with Gasteiger partial charge < -0.3 is 15.4 Å². The first kappa shape index (κ1) is 20.1. The predicted octanol–water partition coefficient (Wildman–Crippen LogP) is 4.21. The molecule has 0 aromatic heterocycles. The summed E-state index contributed by atoms with van der Waals surface area (Å²) in [5.41, 5.74) is -1.73. The van der Waals surface area contributed by atoms with Crippen LogP contribution in [0.5, 0.6) is 0 Å². The van der Waals surface area contributed by atoms with Crippen LogP contribution in [0.4, 0.5) is 23.7 Å². The van der Waals surface area contributed by atoms with Crippen molar-refractivity contribution in [1.29, 1.82) is 0 Å². The summed E-state index contributed by atoms with van der Waals surface area (Å²) in [6.07, 6.45) is -5.42. The summed E-state index contributed by atoms with van der Waals surface area (Å²) >= 11 is 5.49. The first-order chi connectivity index (χ1) is 10.9. The van der Waals surface area contributed by atoms with E-state index in [2.05, 4.69) is 10.6 Å². The van der Waals surface area contributed by atoms with Gasteiger partial charge in [0.05, 0.1) is 10.6 Å². The van der Waals surface area contributed by atoms with Crippen LogP contribution in [0.25, 0.3) is 0 Å². The molecule has 0 heterocycles. The summed E-state index contributed by atoms with van der Waals surface area (Å²) in [7, 11) is 0. The molecule has 0 aliphatic carbocycles. The van der Waals surface area contributed by atoms with Gasteiger partial charge in [0.25, 0.3) is 0 Å². The van der Waals surface area contributed by atoms with Crippen molar-refractivity contribution in [2.24, 2.45) is 0 Å². The molecule has 1 aromatic rings. The number of carbonyl (C=O) groups is 2. The zero-order valence-corrected chi connectivity index (χ0v) is 14.1. The van der Waals surface area contributed by atoms with E-state index in [0.717, 1.165) is 12.1 Å². The number of carbonyl (C=O) groups excluding carboxylic acids is 2. The highest BCUT2D eigenvalue weighted by atomic mass is 35.5. The second-order valence-corrected chi connectivity index (χ2v) is 6.33. The average molecular weight is 367 g/mol. The van der Waals surface area contributed by atoms with Crippen molar-refractivity contribution in [3.05, 3.63) is 28.8 Å². The van der Waals surface area contributed by atoms with Crippen molar-refractivity contribution in [3.63, 3.8) is 0 Å². The molecule has 0 spiro atoms. The Balaban J connectivity index is 2.53. The van der Waals surface area contributed by atoms with Gasteiger partial charge in [-0.25, -0.2) is 4.79 Å². The molecule has 0 aliphatic rings. The zero-order valence-electron chi connectivity index (χ0n) is 13.4. The lowest BCUT2D eigenvalue weighted by Crippen LogP contribution is -2.34. The molecule has 5 nitrogen and oxygen atoms in total. The Labute approximate surface area is 142 Å². The molecule has 0 aliphatic heterocycles. The Morgan fingerprint density at radius 3 is 2.38 bits per heavy atom. The molecule has 0 saturated carbocycles. The molecule has 0 unspecified atom stereocenters. The summed E-state index contributed by atoms with van der Waals surface area (Å²) in [5.74, 6) is -0.554. The van der Waals surface area contributed by atoms with E-state index < -0.39 is 34.4 Å². The second kappa shape index (κ2) is 7.74. The third-order valence-electron chi connectivity index (χ3n) is 2.58.